The third-order valence-corrected chi connectivity index (χ3v) is 7.03. The summed E-state index contributed by atoms with van der Waals surface area (Å²) in [6.45, 7) is -0.999. The van der Waals surface area contributed by atoms with Crippen molar-refractivity contribution in [1.82, 2.24) is 5.32 Å². The van der Waals surface area contributed by atoms with Gasteiger partial charge < -0.3 is 5.32 Å². The normalized spacial score (nSPS) is 12.3. The number of halogens is 7. The summed E-state index contributed by atoms with van der Waals surface area (Å²) in [7, 11) is -4.83. The van der Waals surface area contributed by atoms with Gasteiger partial charge >= 0.3 is 12.4 Å². The van der Waals surface area contributed by atoms with Gasteiger partial charge in [0.25, 0.3) is 10.0 Å². The quantitative estimate of drug-likeness (QED) is 0.373. The molecule has 36 heavy (non-hydrogen) atoms. The number of anilines is 1. The molecule has 0 saturated heterocycles. The molecule has 1 amide bonds. The third kappa shape index (κ3) is 6.49. The van der Waals surface area contributed by atoms with E-state index in [1.165, 1.54) is 0 Å². The molecule has 5 nitrogen and oxygen atoms in total. The molecule has 0 radical (unpaired) electrons. The van der Waals surface area contributed by atoms with Crippen molar-refractivity contribution in [1.29, 1.82) is 0 Å². The standard InChI is InChI=1S/C23H17ClF6N2O3S/c24-19-11-8-17(23(28,29)30)12-20(19)32(14-21(33)31-13-15-4-2-1-3-5-15)36(34,35)18-9-6-16(7-10-18)22(25,26)27/h1-12H,13-14H2,(H,31,33). The van der Waals surface area contributed by atoms with Gasteiger partial charge in [-0.1, -0.05) is 41.9 Å². The van der Waals surface area contributed by atoms with Gasteiger partial charge in [0.05, 0.1) is 26.7 Å². The predicted molar refractivity (Wildman–Crippen MR) is 121 cm³/mol. The lowest BCUT2D eigenvalue weighted by Gasteiger charge is -2.26. The van der Waals surface area contributed by atoms with Crippen molar-refractivity contribution < 1.29 is 39.6 Å². The molecule has 0 aliphatic rings. The van der Waals surface area contributed by atoms with E-state index in [0.29, 0.717) is 46.3 Å². The molecule has 0 heterocycles. The molecule has 0 spiro atoms. The van der Waals surface area contributed by atoms with Crippen molar-refractivity contribution in [2.75, 3.05) is 10.8 Å². The average Bonchev–Trinajstić information content (AvgIpc) is 2.81. The fraction of sp³-hybridized carbons (Fsp3) is 0.174. The molecule has 0 aliphatic carbocycles. The van der Waals surface area contributed by atoms with Crippen LogP contribution in [0.2, 0.25) is 5.02 Å². The Labute approximate surface area is 207 Å². The van der Waals surface area contributed by atoms with Gasteiger partial charge in [-0.05, 0) is 48.0 Å². The van der Waals surface area contributed by atoms with Gasteiger partial charge in [-0.15, -0.1) is 0 Å². The van der Waals surface area contributed by atoms with Gasteiger partial charge in [0, 0.05) is 6.54 Å². The molecule has 13 heteroatoms. The summed E-state index contributed by atoms with van der Waals surface area (Å²) in [6, 6.07) is 12.7. The van der Waals surface area contributed by atoms with E-state index in [9.17, 15) is 39.6 Å². The van der Waals surface area contributed by atoms with Crippen LogP contribution in [-0.4, -0.2) is 20.9 Å². The zero-order valence-electron chi connectivity index (χ0n) is 18.1. The number of carbonyl (C=O) groups is 1. The zero-order valence-corrected chi connectivity index (χ0v) is 19.6. The zero-order chi connectivity index (χ0) is 26.7. The number of nitrogens with zero attached hydrogens (tertiary/aromatic N) is 1. The monoisotopic (exact) mass is 550 g/mol. The Morgan fingerprint density at radius 3 is 1.94 bits per heavy atom. The lowest BCUT2D eigenvalue weighted by atomic mass is 10.2. The molecular formula is C23H17ClF6N2O3S. The van der Waals surface area contributed by atoms with E-state index < -0.39 is 61.6 Å². The Morgan fingerprint density at radius 1 is 0.833 bits per heavy atom. The second-order valence-electron chi connectivity index (χ2n) is 7.46. The van der Waals surface area contributed by atoms with E-state index in [2.05, 4.69) is 5.32 Å². The van der Waals surface area contributed by atoms with E-state index in [1.807, 2.05) is 0 Å². The topological polar surface area (TPSA) is 66.5 Å². The minimum atomic E-state index is -4.86. The van der Waals surface area contributed by atoms with Crippen LogP contribution in [0, 0.1) is 0 Å². The average molecular weight is 551 g/mol. The highest BCUT2D eigenvalue weighted by atomic mass is 35.5. The first-order valence-electron chi connectivity index (χ1n) is 10.1. The number of benzene rings is 3. The van der Waals surface area contributed by atoms with Gasteiger partial charge in [0.15, 0.2) is 0 Å². The summed E-state index contributed by atoms with van der Waals surface area (Å²) >= 11 is 6.02. The molecule has 0 atom stereocenters. The first kappa shape index (κ1) is 27.3. The van der Waals surface area contributed by atoms with Crippen molar-refractivity contribution in [3.05, 3.63) is 94.5 Å². The Morgan fingerprint density at radius 2 is 1.39 bits per heavy atom. The number of hydrogen-bond donors (Lipinski definition) is 1. The molecule has 3 aromatic carbocycles. The lowest BCUT2D eigenvalue weighted by Crippen LogP contribution is -2.41. The van der Waals surface area contributed by atoms with Gasteiger partial charge in [-0.3, -0.25) is 9.10 Å². The van der Waals surface area contributed by atoms with E-state index in [4.69, 9.17) is 11.6 Å². The molecule has 0 fully saturated rings. The van der Waals surface area contributed by atoms with E-state index >= 15 is 0 Å². The van der Waals surface area contributed by atoms with Crippen molar-refractivity contribution >= 4 is 33.2 Å². The fourth-order valence-electron chi connectivity index (χ4n) is 3.11. The van der Waals surface area contributed by atoms with Gasteiger partial charge in [-0.2, -0.15) is 26.3 Å². The van der Waals surface area contributed by atoms with Crippen molar-refractivity contribution in [2.24, 2.45) is 0 Å². The van der Waals surface area contributed by atoms with Crippen LogP contribution < -0.4 is 9.62 Å². The largest absolute Gasteiger partial charge is 0.416 e. The number of alkyl halides is 6. The maximum Gasteiger partial charge on any atom is 0.416 e. The Kier molecular flexibility index (Phi) is 7.89. The predicted octanol–water partition coefficient (Wildman–Crippen LogP) is 5.89. The van der Waals surface area contributed by atoms with Crippen LogP contribution >= 0.6 is 11.6 Å². The number of hydrogen-bond acceptors (Lipinski definition) is 3. The first-order valence-corrected chi connectivity index (χ1v) is 11.9. The van der Waals surface area contributed by atoms with Crippen molar-refractivity contribution in [3.8, 4) is 0 Å². The highest BCUT2D eigenvalue weighted by molar-refractivity contribution is 7.92. The number of rotatable bonds is 7. The van der Waals surface area contributed by atoms with Gasteiger partial charge in [-0.25, -0.2) is 8.42 Å². The summed E-state index contributed by atoms with van der Waals surface area (Å²) in [5, 5.41) is 2.04. The molecular weight excluding hydrogens is 534 g/mol. The second-order valence-corrected chi connectivity index (χ2v) is 9.73. The number of carbonyl (C=O) groups excluding carboxylic acids is 1. The Bertz CT molecular complexity index is 1330. The highest BCUT2D eigenvalue weighted by Crippen LogP contribution is 2.38. The summed E-state index contributed by atoms with van der Waals surface area (Å²) < 4.78 is 106. The summed E-state index contributed by atoms with van der Waals surface area (Å²) in [5.74, 6) is -0.886. The SMILES string of the molecule is O=C(CN(c1cc(C(F)(F)F)ccc1Cl)S(=O)(=O)c1ccc(C(F)(F)F)cc1)NCc1ccccc1. The molecule has 0 unspecified atom stereocenters. The minimum absolute atomic E-state index is 0.00976. The van der Waals surface area contributed by atoms with Crippen LogP contribution in [0.15, 0.2) is 77.7 Å². The van der Waals surface area contributed by atoms with E-state index in [0.717, 1.165) is 6.07 Å². The molecule has 3 rings (SSSR count). The van der Waals surface area contributed by atoms with Crippen LogP contribution in [0.4, 0.5) is 32.0 Å². The van der Waals surface area contributed by atoms with Crippen molar-refractivity contribution in [3.63, 3.8) is 0 Å². The van der Waals surface area contributed by atoms with Crippen LogP contribution in [0.3, 0.4) is 0 Å². The minimum Gasteiger partial charge on any atom is -0.350 e. The van der Waals surface area contributed by atoms with Crippen LogP contribution in [-0.2, 0) is 33.7 Å². The maximum absolute atomic E-state index is 13.3. The van der Waals surface area contributed by atoms with E-state index in [1.54, 1.807) is 30.3 Å². The van der Waals surface area contributed by atoms with Crippen molar-refractivity contribution in [2.45, 2.75) is 23.8 Å². The molecule has 192 valence electrons. The maximum atomic E-state index is 13.3. The molecule has 3 aromatic rings. The Balaban J connectivity index is 2.02. The van der Waals surface area contributed by atoms with Crippen LogP contribution in [0.5, 0.6) is 0 Å². The molecule has 1 N–H and O–H groups in total. The fourth-order valence-corrected chi connectivity index (χ4v) is 4.81. The summed E-state index contributed by atoms with van der Waals surface area (Å²) in [4.78, 5) is 11.9. The number of amides is 1. The molecule has 0 saturated carbocycles. The van der Waals surface area contributed by atoms with Gasteiger partial charge in [0.2, 0.25) is 5.91 Å². The smallest absolute Gasteiger partial charge is 0.350 e. The molecule has 0 aliphatic heterocycles. The number of nitrogens with one attached hydrogen (secondary N) is 1. The molecule has 0 bridgehead atoms. The van der Waals surface area contributed by atoms with E-state index in [-0.39, 0.29) is 6.54 Å². The third-order valence-electron chi connectivity index (χ3n) is 4.93. The van der Waals surface area contributed by atoms with Crippen LogP contribution in [0.25, 0.3) is 0 Å². The van der Waals surface area contributed by atoms with Gasteiger partial charge in [0.1, 0.15) is 6.54 Å². The summed E-state index contributed by atoms with van der Waals surface area (Å²) in [6.07, 6.45) is -9.61. The number of sulfonamides is 1. The van der Waals surface area contributed by atoms with Crippen LogP contribution in [0.1, 0.15) is 16.7 Å². The molecule has 0 aromatic heterocycles. The Hall–Kier alpha value is -3.25. The summed E-state index contributed by atoms with van der Waals surface area (Å²) in [5.41, 5.74) is -2.37. The lowest BCUT2D eigenvalue weighted by molar-refractivity contribution is -0.138. The highest BCUT2D eigenvalue weighted by Gasteiger charge is 2.35. The second kappa shape index (κ2) is 10.4. The first-order chi connectivity index (χ1) is 16.7.